The molecular formula is C21H19ClFN3O4S. The predicted octanol–water partition coefficient (Wildman–Crippen LogP) is 4.29. The van der Waals surface area contributed by atoms with Gasteiger partial charge >= 0.3 is 5.97 Å². The van der Waals surface area contributed by atoms with Gasteiger partial charge in [-0.2, -0.15) is 0 Å². The highest BCUT2D eigenvalue weighted by molar-refractivity contribution is 8.15. The zero-order valence-corrected chi connectivity index (χ0v) is 18.2. The van der Waals surface area contributed by atoms with E-state index in [-0.39, 0.29) is 34.5 Å². The van der Waals surface area contributed by atoms with E-state index in [2.05, 4.69) is 15.6 Å². The summed E-state index contributed by atoms with van der Waals surface area (Å²) in [6, 6.07) is 10.2. The van der Waals surface area contributed by atoms with Gasteiger partial charge in [0.15, 0.2) is 5.17 Å². The number of carbonyl (C=O) groups excluding carboxylic acids is 3. The van der Waals surface area contributed by atoms with Crippen LogP contribution in [0, 0.1) is 5.82 Å². The second-order valence-corrected chi connectivity index (χ2v) is 8.49. The lowest BCUT2D eigenvalue weighted by molar-refractivity contribution is -0.123. The van der Waals surface area contributed by atoms with E-state index in [4.69, 9.17) is 16.3 Å². The lowest BCUT2D eigenvalue weighted by atomic mass is 10.2. The molecule has 2 N–H and O–H groups in total. The number of hydrogen-bond donors (Lipinski definition) is 2. The standard InChI is InChI=1S/C21H19ClFN3O4S/c1-11(2)30-20(29)12-3-5-13(6-4-12)24-19(28)17-10-18(27)26-21(31-17)25-14-7-8-16(23)15(22)9-14/h3-9,11,17H,10H2,1-2H3,(H,24,28)(H,25,26,27). The van der Waals surface area contributed by atoms with Crippen LogP contribution in [0.15, 0.2) is 47.5 Å². The van der Waals surface area contributed by atoms with Crippen LogP contribution < -0.4 is 10.6 Å². The van der Waals surface area contributed by atoms with Crippen molar-refractivity contribution in [3.05, 3.63) is 58.9 Å². The molecule has 0 aromatic heterocycles. The second kappa shape index (κ2) is 9.93. The Morgan fingerprint density at radius 1 is 1.26 bits per heavy atom. The number of amides is 2. The normalized spacial score (nSPS) is 17.4. The molecule has 1 fully saturated rings. The highest BCUT2D eigenvalue weighted by Crippen LogP contribution is 2.27. The fraction of sp³-hybridized carbons (Fsp3) is 0.238. The summed E-state index contributed by atoms with van der Waals surface area (Å²) in [6.45, 7) is 3.51. The van der Waals surface area contributed by atoms with E-state index < -0.39 is 17.0 Å². The summed E-state index contributed by atoms with van der Waals surface area (Å²) >= 11 is 6.83. The Labute approximate surface area is 187 Å². The molecule has 0 aliphatic carbocycles. The molecule has 0 saturated carbocycles. The van der Waals surface area contributed by atoms with E-state index in [0.29, 0.717) is 16.9 Å². The molecule has 1 saturated heterocycles. The fourth-order valence-corrected chi connectivity index (χ4v) is 3.79. The largest absolute Gasteiger partial charge is 0.459 e. The lowest BCUT2D eigenvalue weighted by Gasteiger charge is -2.22. The third-order valence-corrected chi connectivity index (χ3v) is 5.40. The van der Waals surface area contributed by atoms with Gasteiger partial charge in [-0.05, 0) is 56.3 Å². The Hall–Kier alpha value is -2.91. The van der Waals surface area contributed by atoms with Crippen LogP contribution in [0.3, 0.4) is 0 Å². The summed E-state index contributed by atoms with van der Waals surface area (Å²) in [7, 11) is 0. The summed E-state index contributed by atoms with van der Waals surface area (Å²) in [5.74, 6) is -1.78. The number of amidine groups is 1. The van der Waals surface area contributed by atoms with Crippen molar-refractivity contribution in [2.24, 2.45) is 4.99 Å². The maximum absolute atomic E-state index is 13.3. The number of hydrogen-bond acceptors (Lipinski definition) is 6. The third kappa shape index (κ3) is 6.28. The van der Waals surface area contributed by atoms with Crippen LogP contribution in [0.4, 0.5) is 15.8 Å². The summed E-state index contributed by atoms with van der Waals surface area (Å²) in [6.07, 6.45) is -0.262. The average Bonchev–Trinajstić information content (AvgIpc) is 2.70. The van der Waals surface area contributed by atoms with Crippen molar-refractivity contribution in [3.63, 3.8) is 0 Å². The number of benzene rings is 2. The van der Waals surface area contributed by atoms with Crippen molar-refractivity contribution < 1.29 is 23.5 Å². The lowest BCUT2D eigenvalue weighted by Crippen LogP contribution is -2.41. The van der Waals surface area contributed by atoms with Crippen molar-refractivity contribution in [2.75, 3.05) is 5.32 Å². The van der Waals surface area contributed by atoms with Gasteiger partial charge in [0, 0.05) is 12.1 Å². The minimum Gasteiger partial charge on any atom is -0.459 e. The molecule has 2 aromatic carbocycles. The number of carbonyl (C=O) groups is 3. The van der Waals surface area contributed by atoms with Crippen LogP contribution >= 0.6 is 23.4 Å². The molecule has 3 rings (SSSR count). The Balaban J connectivity index is 1.67. The molecule has 1 heterocycles. The van der Waals surface area contributed by atoms with Gasteiger partial charge < -0.3 is 15.4 Å². The van der Waals surface area contributed by atoms with E-state index >= 15 is 0 Å². The smallest absolute Gasteiger partial charge is 0.338 e. The highest BCUT2D eigenvalue weighted by atomic mass is 35.5. The van der Waals surface area contributed by atoms with E-state index in [1.807, 2.05) is 0 Å². The maximum Gasteiger partial charge on any atom is 0.338 e. The molecular weight excluding hydrogens is 445 g/mol. The Morgan fingerprint density at radius 2 is 1.97 bits per heavy atom. The van der Waals surface area contributed by atoms with Crippen LogP contribution in [0.2, 0.25) is 5.02 Å². The van der Waals surface area contributed by atoms with Gasteiger partial charge in [-0.1, -0.05) is 23.4 Å². The molecule has 31 heavy (non-hydrogen) atoms. The number of halogens is 2. The Morgan fingerprint density at radius 3 is 2.61 bits per heavy atom. The number of aliphatic imine (C=N–C) groups is 1. The molecule has 1 atom stereocenters. The second-order valence-electron chi connectivity index (χ2n) is 6.89. The Kier molecular flexibility index (Phi) is 7.29. The molecule has 1 aliphatic rings. The molecule has 2 amide bonds. The fourth-order valence-electron chi connectivity index (χ4n) is 2.61. The Bertz CT molecular complexity index is 1040. The van der Waals surface area contributed by atoms with Gasteiger partial charge in [-0.25, -0.2) is 14.2 Å². The molecule has 0 spiro atoms. The zero-order valence-electron chi connectivity index (χ0n) is 16.6. The predicted molar refractivity (Wildman–Crippen MR) is 118 cm³/mol. The van der Waals surface area contributed by atoms with Gasteiger partial charge in [0.25, 0.3) is 0 Å². The summed E-state index contributed by atoms with van der Waals surface area (Å²) in [5, 5.41) is 4.72. The van der Waals surface area contributed by atoms with Crippen molar-refractivity contribution in [1.82, 2.24) is 5.32 Å². The minimum absolute atomic E-state index is 0.0293. The summed E-state index contributed by atoms with van der Waals surface area (Å²) < 4.78 is 18.4. The maximum atomic E-state index is 13.3. The number of nitrogens with zero attached hydrogens (tertiary/aromatic N) is 1. The number of nitrogens with one attached hydrogen (secondary N) is 2. The number of thioether (sulfide) groups is 1. The first kappa shape index (κ1) is 22.8. The quantitative estimate of drug-likeness (QED) is 0.644. The van der Waals surface area contributed by atoms with Gasteiger partial charge in [-0.3, -0.25) is 9.59 Å². The van der Waals surface area contributed by atoms with Gasteiger partial charge in [0.05, 0.1) is 22.4 Å². The highest BCUT2D eigenvalue weighted by Gasteiger charge is 2.30. The minimum atomic E-state index is -0.714. The summed E-state index contributed by atoms with van der Waals surface area (Å²) in [4.78, 5) is 40.8. The first-order chi connectivity index (χ1) is 14.7. The van der Waals surface area contributed by atoms with Gasteiger partial charge in [0.1, 0.15) is 11.1 Å². The number of ether oxygens (including phenoxy) is 1. The molecule has 10 heteroatoms. The number of esters is 1. The molecule has 1 aliphatic heterocycles. The average molecular weight is 464 g/mol. The number of anilines is 1. The first-order valence-corrected chi connectivity index (χ1v) is 10.6. The molecule has 162 valence electrons. The van der Waals surface area contributed by atoms with Crippen molar-refractivity contribution >= 4 is 57.7 Å². The van der Waals surface area contributed by atoms with E-state index in [9.17, 15) is 18.8 Å². The van der Waals surface area contributed by atoms with E-state index in [0.717, 1.165) is 11.8 Å². The topological polar surface area (TPSA) is 96.9 Å². The third-order valence-electron chi connectivity index (χ3n) is 4.03. The van der Waals surface area contributed by atoms with Crippen molar-refractivity contribution in [3.8, 4) is 0 Å². The first-order valence-electron chi connectivity index (χ1n) is 9.33. The SMILES string of the molecule is CC(C)OC(=O)c1ccc(NC(=O)C2CC(=O)NC(=Nc3ccc(F)c(Cl)c3)S2)cc1. The molecule has 0 radical (unpaired) electrons. The van der Waals surface area contributed by atoms with Crippen LogP contribution in [0.1, 0.15) is 30.6 Å². The molecule has 7 nitrogen and oxygen atoms in total. The monoisotopic (exact) mass is 463 g/mol. The van der Waals surface area contributed by atoms with E-state index in [1.54, 1.807) is 38.1 Å². The van der Waals surface area contributed by atoms with Crippen LogP contribution in [-0.4, -0.2) is 34.3 Å². The molecule has 1 unspecified atom stereocenters. The van der Waals surface area contributed by atoms with Crippen LogP contribution in [0.5, 0.6) is 0 Å². The zero-order chi connectivity index (χ0) is 22.5. The van der Waals surface area contributed by atoms with E-state index in [1.165, 1.54) is 18.2 Å². The summed E-state index contributed by atoms with van der Waals surface area (Å²) in [5.41, 5.74) is 1.19. The van der Waals surface area contributed by atoms with Gasteiger partial charge in [0.2, 0.25) is 11.8 Å². The molecule has 0 bridgehead atoms. The van der Waals surface area contributed by atoms with Crippen LogP contribution in [0.25, 0.3) is 0 Å². The van der Waals surface area contributed by atoms with Crippen LogP contribution in [-0.2, 0) is 14.3 Å². The van der Waals surface area contributed by atoms with Crippen molar-refractivity contribution in [2.45, 2.75) is 31.6 Å². The molecule has 2 aromatic rings. The van der Waals surface area contributed by atoms with Crippen molar-refractivity contribution in [1.29, 1.82) is 0 Å². The van der Waals surface area contributed by atoms with Gasteiger partial charge in [-0.15, -0.1) is 0 Å². The number of rotatable bonds is 5.